The third-order valence-corrected chi connectivity index (χ3v) is 2.59. The predicted molar refractivity (Wildman–Crippen MR) is 46.7 cm³/mol. The van der Waals surface area contributed by atoms with Gasteiger partial charge in [0.05, 0.1) is 0 Å². The number of hydrogen-bond donors (Lipinski definition) is 1. The fourth-order valence-electron chi connectivity index (χ4n) is 0.638. The number of H-pyrrole nitrogens is 1. The van der Waals surface area contributed by atoms with Gasteiger partial charge in [-0.2, -0.15) is 0 Å². The van der Waals surface area contributed by atoms with E-state index in [0.717, 1.165) is 17.4 Å². The van der Waals surface area contributed by atoms with Gasteiger partial charge in [-0.05, 0) is 13.3 Å². The first-order chi connectivity index (χ1) is 5.22. The number of aromatic amines is 1. The zero-order chi connectivity index (χ0) is 8.27. The highest BCUT2D eigenvalue weighted by Crippen LogP contribution is 2.20. The van der Waals surface area contributed by atoms with E-state index < -0.39 is 0 Å². The van der Waals surface area contributed by atoms with Crippen LogP contribution in [-0.4, -0.2) is 20.4 Å². The molecule has 4 heteroatoms. The van der Waals surface area contributed by atoms with Gasteiger partial charge in [0.15, 0.2) is 0 Å². The summed E-state index contributed by atoms with van der Waals surface area (Å²) in [5, 5.41) is 8.31. The van der Waals surface area contributed by atoms with Crippen LogP contribution in [0.25, 0.3) is 0 Å². The van der Waals surface area contributed by atoms with Crippen molar-refractivity contribution in [2.75, 3.05) is 0 Å². The Morgan fingerprint density at radius 1 is 1.64 bits per heavy atom. The standard InChI is InChI=1S/C7H13N3S/c1-4-5(2)11-7-8-6(3)9-10-7/h5H,4H2,1-3H3,(H,8,9,10). The van der Waals surface area contributed by atoms with Crippen LogP contribution >= 0.6 is 11.8 Å². The Balaban J connectivity index is 2.50. The maximum absolute atomic E-state index is 4.19. The van der Waals surface area contributed by atoms with E-state index in [0.29, 0.717) is 5.25 Å². The molecule has 1 unspecified atom stereocenters. The zero-order valence-electron chi connectivity index (χ0n) is 7.09. The molecule has 0 saturated heterocycles. The molecule has 1 N–H and O–H groups in total. The SMILES string of the molecule is CCC(C)Sc1n[nH]c(C)n1. The van der Waals surface area contributed by atoms with Crippen molar-refractivity contribution >= 4 is 11.8 Å². The molecular formula is C7H13N3S. The maximum Gasteiger partial charge on any atom is 0.208 e. The van der Waals surface area contributed by atoms with Gasteiger partial charge in [0.25, 0.3) is 0 Å². The van der Waals surface area contributed by atoms with E-state index in [2.05, 4.69) is 29.0 Å². The summed E-state index contributed by atoms with van der Waals surface area (Å²) in [6.45, 7) is 6.25. The molecule has 0 aliphatic carbocycles. The van der Waals surface area contributed by atoms with Crippen molar-refractivity contribution in [1.29, 1.82) is 0 Å². The number of nitrogens with one attached hydrogen (secondary N) is 1. The van der Waals surface area contributed by atoms with Crippen LogP contribution < -0.4 is 0 Å². The molecule has 0 aliphatic rings. The number of thioether (sulfide) groups is 1. The first-order valence-corrected chi connectivity index (χ1v) is 4.66. The summed E-state index contributed by atoms with van der Waals surface area (Å²) in [6, 6.07) is 0. The smallest absolute Gasteiger partial charge is 0.208 e. The van der Waals surface area contributed by atoms with Crippen molar-refractivity contribution in [3.63, 3.8) is 0 Å². The minimum absolute atomic E-state index is 0.602. The summed E-state index contributed by atoms with van der Waals surface area (Å²) in [4.78, 5) is 4.19. The van der Waals surface area contributed by atoms with Crippen LogP contribution in [0.1, 0.15) is 26.1 Å². The Morgan fingerprint density at radius 3 is 2.82 bits per heavy atom. The van der Waals surface area contributed by atoms with Crippen molar-refractivity contribution in [2.45, 2.75) is 37.6 Å². The number of aryl methyl sites for hydroxylation is 1. The predicted octanol–water partition coefficient (Wildman–Crippen LogP) is 2.00. The van der Waals surface area contributed by atoms with Crippen LogP contribution in [0.3, 0.4) is 0 Å². The second-order valence-electron chi connectivity index (χ2n) is 2.54. The van der Waals surface area contributed by atoms with Crippen molar-refractivity contribution < 1.29 is 0 Å². The Bertz CT molecular complexity index is 221. The van der Waals surface area contributed by atoms with E-state index in [1.165, 1.54) is 0 Å². The fraction of sp³-hybridized carbons (Fsp3) is 0.714. The summed E-state index contributed by atoms with van der Waals surface area (Å²) >= 11 is 1.71. The van der Waals surface area contributed by atoms with Crippen LogP contribution in [-0.2, 0) is 0 Å². The lowest BCUT2D eigenvalue weighted by atomic mass is 10.4. The molecular weight excluding hydrogens is 158 g/mol. The largest absolute Gasteiger partial charge is 0.262 e. The van der Waals surface area contributed by atoms with Gasteiger partial charge in [0.2, 0.25) is 5.16 Å². The second kappa shape index (κ2) is 3.76. The van der Waals surface area contributed by atoms with Crippen LogP contribution in [0.5, 0.6) is 0 Å². The molecule has 0 fully saturated rings. The Labute approximate surface area is 71.0 Å². The minimum Gasteiger partial charge on any atom is -0.262 e. The molecule has 0 saturated carbocycles. The quantitative estimate of drug-likeness (QED) is 0.707. The fourth-order valence-corrected chi connectivity index (χ4v) is 1.45. The average Bonchev–Trinajstić information content (AvgIpc) is 2.35. The van der Waals surface area contributed by atoms with E-state index in [4.69, 9.17) is 0 Å². The molecule has 0 radical (unpaired) electrons. The minimum atomic E-state index is 0.602. The van der Waals surface area contributed by atoms with Gasteiger partial charge < -0.3 is 0 Å². The number of nitrogens with zero attached hydrogens (tertiary/aromatic N) is 2. The summed E-state index contributed by atoms with van der Waals surface area (Å²) < 4.78 is 0. The van der Waals surface area contributed by atoms with Crippen LogP contribution in [0.2, 0.25) is 0 Å². The lowest BCUT2D eigenvalue weighted by Gasteiger charge is -2.01. The summed E-state index contributed by atoms with van der Waals surface area (Å²) in [7, 11) is 0. The zero-order valence-corrected chi connectivity index (χ0v) is 7.90. The maximum atomic E-state index is 4.19. The van der Waals surface area contributed by atoms with Gasteiger partial charge in [-0.3, -0.25) is 5.10 Å². The van der Waals surface area contributed by atoms with Crippen LogP contribution in [0.4, 0.5) is 0 Å². The van der Waals surface area contributed by atoms with Gasteiger partial charge >= 0.3 is 0 Å². The van der Waals surface area contributed by atoms with E-state index in [9.17, 15) is 0 Å². The highest BCUT2D eigenvalue weighted by Gasteiger charge is 2.04. The molecule has 62 valence electrons. The van der Waals surface area contributed by atoms with Crippen LogP contribution in [0.15, 0.2) is 5.16 Å². The molecule has 1 aromatic heterocycles. The third kappa shape index (κ3) is 2.54. The molecule has 3 nitrogen and oxygen atoms in total. The highest BCUT2D eigenvalue weighted by atomic mass is 32.2. The average molecular weight is 171 g/mol. The molecule has 1 rings (SSSR count). The summed E-state index contributed by atoms with van der Waals surface area (Å²) in [6.07, 6.45) is 1.15. The van der Waals surface area contributed by atoms with Gasteiger partial charge in [-0.15, -0.1) is 5.10 Å². The number of hydrogen-bond acceptors (Lipinski definition) is 3. The molecule has 0 amide bonds. The molecule has 0 aromatic carbocycles. The van der Waals surface area contributed by atoms with E-state index in [1.807, 2.05) is 6.92 Å². The normalized spacial score (nSPS) is 13.4. The van der Waals surface area contributed by atoms with Gasteiger partial charge in [0, 0.05) is 5.25 Å². The van der Waals surface area contributed by atoms with Crippen LogP contribution in [0, 0.1) is 6.92 Å². The second-order valence-corrected chi connectivity index (χ2v) is 3.95. The lowest BCUT2D eigenvalue weighted by Crippen LogP contribution is -1.92. The first kappa shape index (κ1) is 8.59. The van der Waals surface area contributed by atoms with Crippen molar-refractivity contribution in [1.82, 2.24) is 15.2 Å². The van der Waals surface area contributed by atoms with Crippen molar-refractivity contribution in [2.24, 2.45) is 0 Å². The Morgan fingerprint density at radius 2 is 2.36 bits per heavy atom. The topological polar surface area (TPSA) is 41.6 Å². The third-order valence-electron chi connectivity index (χ3n) is 1.46. The van der Waals surface area contributed by atoms with Crippen molar-refractivity contribution in [3.05, 3.63) is 5.82 Å². The number of aromatic nitrogens is 3. The van der Waals surface area contributed by atoms with Gasteiger partial charge in [-0.1, -0.05) is 25.6 Å². The van der Waals surface area contributed by atoms with Crippen molar-refractivity contribution in [3.8, 4) is 0 Å². The summed E-state index contributed by atoms with van der Waals surface area (Å²) in [5.41, 5.74) is 0. The molecule has 0 spiro atoms. The molecule has 1 atom stereocenters. The van der Waals surface area contributed by atoms with E-state index in [-0.39, 0.29) is 0 Å². The molecule has 11 heavy (non-hydrogen) atoms. The van der Waals surface area contributed by atoms with E-state index >= 15 is 0 Å². The Hall–Kier alpha value is -0.510. The lowest BCUT2D eigenvalue weighted by molar-refractivity contribution is 0.888. The first-order valence-electron chi connectivity index (χ1n) is 3.78. The van der Waals surface area contributed by atoms with E-state index in [1.54, 1.807) is 11.8 Å². The van der Waals surface area contributed by atoms with Gasteiger partial charge in [0.1, 0.15) is 5.82 Å². The molecule has 0 aliphatic heterocycles. The summed E-state index contributed by atoms with van der Waals surface area (Å²) in [5.74, 6) is 0.885. The Kier molecular flexibility index (Phi) is 2.93. The highest BCUT2D eigenvalue weighted by molar-refractivity contribution is 7.99. The molecule has 1 aromatic rings. The molecule has 0 bridgehead atoms. The monoisotopic (exact) mass is 171 g/mol. The number of rotatable bonds is 3. The molecule has 1 heterocycles. The van der Waals surface area contributed by atoms with Gasteiger partial charge in [-0.25, -0.2) is 4.98 Å².